The van der Waals surface area contributed by atoms with Gasteiger partial charge in [-0.05, 0) is 0 Å². The Balaban J connectivity index is 3.08. The van der Waals surface area contributed by atoms with Gasteiger partial charge in [-0.3, -0.25) is 0 Å². The Bertz CT molecular complexity index is 259. The van der Waals surface area contributed by atoms with E-state index in [0.717, 1.165) is 0 Å². The van der Waals surface area contributed by atoms with E-state index in [1.165, 1.54) is 6.20 Å². The fraction of sp³-hybridized carbons (Fsp3) is 0. The molecule has 0 amide bonds. The van der Waals surface area contributed by atoms with Crippen LogP contribution in [0, 0.1) is 22.7 Å². The molecular weight excluding hydrogens is 118 g/mol. The third-order valence-corrected chi connectivity index (χ3v) is 0.712. The minimum absolute atomic E-state index is 0.0616. The molecule has 1 aromatic heterocycles. The quantitative estimate of drug-likeness (QED) is 0.496. The summed E-state index contributed by atoms with van der Waals surface area (Å²) < 4.78 is 4.55. The predicted octanol–water partition coefficient (Wildman–Crippen LogP) is 0.418. The van der Waals surface area contributed by atoms with Crippen LogP contribution in [0.2, 0.25) is 0 Å². The highest BCUT2D eigenvalue weighted by Crippen LogP contribution is 1.98. The van der Waals surface area contributed by atoms with Crippen molar-refractivity contribution in [2.24, 2.45) is 0 Å². The number of nitriles is 2. The molecule has 0 atom stereocenters. The molecule has 0 N–H and O–H groups in total. The van der Waals surface area contributed by atoms with Crippen LogP contribution in [-0.4, -0.2) is 4.98 Å². The topological polar surface area (TPSA) is 73.6 Å². The van der Waals surface area contributed by atoms with Gasteiger partial charge in [0.05, 0.1) is 6.20 Å². The van der Waals surface area contributed by atoms with Gasteiger partial charge in [-0.25, -0.2) is 4.98 Å². The zero-order chi connectivity index (χ0) is 6.69. The van der Waals surface area contributed by atoms with E-state index in [1.807, 2.05) is 0 Å². The van der Waals surface area contributed by atoms with Gasteiger partial charge in [0.1, 0.15) is 6.07 Å². The van der Waals surface area contributed by atoms with Gasteiger partial charge in [-0.15, -0.1) is 0 Å². The van der Waals surface area contributed by atoms with Gasteiger partial charge in [-0.1, -0.05) is 0 Å². The van der Waals surface area contributed by atoms with Crippen molar-refractivity contribution in [1.82, 2.24) is 4.98 Å². The first-order valence-corrected chi connectivity index (χ1v) is 2.13. The van der Waals surface area contributed by atoms with Crippen molar-refractivity contribution in [3.8, 4) is 12.1 Å². The first-order chi connectivity index (χ1) is 4.36. The van der Waals surface area contributed by atoms with Crippen LogP contribution in [0.1, 0.15) is 11.7 Å². The molecule has 0 radical (unpaired) electrons. The standard InChI is InChI=1S/C5HN3O/c6-1-4-3-8-5(2-7)9-4/h3H. The van der Waals surface area contributed by atoms with Crippen LogP contribution in [0.3, 0.4) is 0 Å². The Kier molecular flexibility index (Phi) is 1.17. The number of aromatic nitrogens is 1. The minimum atomic E-state index is -0.0773. The maximum Gasteiger partial charge on any atom is 0.301 e. The van der Waals surface area contributed by atoms with Crippen LogP contribution in [-0.2, 0) is 0 Å². The van der Waals surface area contributed by atoms with E-state index in [0.29, 0.717) is 0 Å². The normalized spacial score (nSPS) is 7.78. The van der Waals surface area contributed by atoms with E-state index >= 15 is 0 Å². The van der Waals surface area contributed by atoms with Crippen LogP contribution in [0.15, 0.2) is 10.6 Å². The number of hydrogen-bond acceptors (Lipinski definition) is 4. The number of hydrogen-bond donors (Lipinski definition) is 0. The lowest BCUT2D eigenvalue weighted by Crippen LogP contribution is -1.64. The molecule has 0 aromatic carbocycles. The minimum Gasteiger partial charge on any atom is -0.418 e. The molecule has 0 saturated heterocycles. The Morgan fingerprint density at radius 2 is 2.22 bits per heavy atom. The van der Waals surface area contributed by atoms with Crippen molar-refractivity contribution in [2.45, 2.75) is 0 Å². The maximum atomic E-state index is 8.15. The van der Waals surface area contributed by atoms with Crippen molar-refractivity contribution in [1.29, 1.82) is 10.5 Å². The molecule has 1 aromatic rings. The smallest absolute Gasteiger partial charge is 0.301 e. The summed E-state index contributed by atoms with van der Waals surface area (Å²) in [6.45, 7) is 0. The van der Waals surface area contributed by atoms with E-state index in [4.69, 9.17) is 10.5 Å². The van der Waals surface area contributed by atoms with Crippen molar-refractivity contribution in [2.75, 3.05) is 0 Å². The first kappa shape index (κ1) is 5.33. The Morgan fingerprint density at radius 3 is 2.56 bits per heavy atom. The summed E-state index contributed by atoms with van der Waals surface area (Å²) in [6, 6.07) is 3.35. The average Bonchev–Trinajstić information content (AvgIpc) is 2.34. The van der Waals surface area contributed by atoms with Gasteiger partial charge in [-0.2, -0.15) is 10.5 Å². The molecule has 0 fully saturated rings. The summed E-state index contributed by atoms with van der Waals surface area (Å²) in [5.41, 5.74) is 0. The molecule has 0 saturated carbocycles. The van der Waals surface area contributed by atoms with Crippen LogP contribution in [0.5, 0.6) is 0 Å². The zero-order valence-electron chi connectivity index (χ0n) is 4.33. The molecule has 1 rings (SSSR count). The van der Waals surface area contributed by atoms with Crippen LogP contribution in [0.4, 0.5) is 0 Å². The zero-order valence-corrected chi connectivity index (χ0v) is 4.33. The van der Waals surface area contributed by atoms with Gasteiger partial charge in [0.25, 0.3) is 0 Å². The average molecular weight is 119 g/mol. The van der Waals surface area contributed by atoms with Crippen LogP contribution < -0.4 is 0 Å². The van der Waals surface area contributed by atoms with Gasteiger partial charge in [0.2, 0.25) is 5.76 Å². The third-order valence-electron chi connectivity index (χ3n) is 0.712. The fourth-order valence-electron chi connectivity index (χ4n) is 0.377. The Hall–Kier alpha value is -1.81. The summed E-state index contributed by atoms with van der Waals surface area (Å²) in [5.74, 6) is -0.0156. The molecule has 4 heteroatoms. The van der Waals surface area contributed by atoms with E-state index in [9.17, 15) is 0 Å². The van der Waals surface area contributed by atoms with Crippen molar-refractivity contribution < 1.29 is 4.42 Å². The Morgan fingerprint density at radius 1 is 1.44 bits per heavy atom. The fourth-order valence-corrected chi connectivity index (χ4v) is 0.377. The lowest BCUT2D eigenvalue weighted by molar-refractivity contribution is 0.529. The van der Waals surface area contributed by atoms with E-state index < -0.39 is 0 Å². The summed E-state index contributed by atoms with van der Waals surface area (Å²) >= 11 is 0. The molecule has 9 heavy (non-hydrogen) atoms. The highest BCUT2D eigenvalue weighted by molar-refractivity contribution is 5.16. The van der Waals surface area contributed by atoms with E-state index in [1.54, 1.807) is 12.1 Å². The lowest BCUT2D eigenvalue weighted by atomic mass is 10.6. The molecular formula is C5HN3O. The summed E-state index contributed by atoms with van der Waals surface area (Å²) in [5, 5.41) is 16.3. The molecule has 0 bridgehead atoms. The van der Waals surface area contributed by atoms with Gasteiger partial charge in [0.15, 0.2) is 6.07 Å². The predicted molar refractivity (Wildman–Crippen MR) is 25.9 cm³/mol. The second-order valence-corrected chi connectivity index (χ2v) is 1.25. The monoisotopic (exact) mass is 119 g/mol. The number of nitrogens with zero attached hydrogens (tertiary/aromatic N) is 3. The van der Waals surface area contributed by atoms with Crippen LogP contribution >= 0.6 is 0 Å². The van der Waals surface area contributed by atoms with Gasteiger partial charge in [0, 0.05) is 0 Å². The van der Waals surface area contributed by atoms with Crippen molar-refractivity contribution >= 4 is 0 Å². The Labute approximate surface area is 51.0 Å². The highest BCUT2D eigenvalue weighted by atomic mass is 16.4. The van der Waals surface area contributed by atoms with E-state index in [2.05, 4.69) is 9.40 Å². The van der Waals surface area contributed by atoms with Crippen molar-refractivity contribution in [3.05, 3.63) is 17.8 Å². The molecule has 4 nitrogen and oxygen atoms in total. The molecule has 0 aliphatic carbocycles. The summed E-state index contributed by atoms with van der Waals surface area (Å²) in [7, 11) is 0. The lowest BCUT2D eigenvalue weighted by Gasteiger charge is -1.68. The van der Waals surface area contributed by atoms with Crippen molar-refractivity contribution in [3.63, 3.8) is 0 Å². The second-order valence-electron chi connectivity index (χ2n) is 1.25. The van der Waals surface area contributed by atoms with Crippen LogP contribution in [0.25, 0.3) is 0 Å². The summed E-state index contributed by atoms with van der Waals surface area (Å²) in [6.07, 6.45) is 1.21. The molecule has 0 spiro atoms. The maximum absolute atomic E-state index is 8.15. The first-order valence-electron chi connectivity index (χ1n) is 2.13. The molecule has 42 valence electrons. The molecule has 0 unspecified atom stereocenters. The van der Waals surface area contributed by atoms with Gasteiger partial charge >= 0.3 is 5.89 Å². The highest BCUT2D eigenvalue weighted by Gasteiger charge is 1.98. The largest absolute Gasteiger partial charge is 0.418 e. The second kappa shape index (κ2) is 1.97. The van der Waals surface area contributed by atoms with E-state index in [-0.39, 0.29) is 11.7 Å². The number of oxazole rings is 1. The third kappa shape index (κ3) is 0.868. The molecule has 0 aliphatic rings. The molecule has 1 heterocycles. The van der Waals surface area contributed by atoms with Gasteiger partial charge < -0.3 is 4.42 Å². The number of rotatable bonds is 0. The summed E-state index contributed by atoms with van der Waals surface area (Å²) in [4.78, 5) is 3.46. The SMILES string of the molecule is N#Cc1cnc(C#N)o1. The molecule has 0 aliphatic heterocycles.